The number of pyridine rings is 2. The van der Waals surface area contributed by atoms with Gasteiger partial charge in [-0.05, 0) is 90.9 Å². The van der Waals surface area contributed by atoms with Gasteiger partial charge in [-0.15, -0.1) is 45.3 Å². The van der Waals surface area contributed by atoms with Gasteiger partial charge in [0.05, 0.1) is 44.1 Å². The minimum Gasteiger partial charge on any atom is -0.383 e. The third-order valence-corrected chi connectivity index (χ3v) is 21.2. The van der Waals surface area contributed by atoms with E-state index in [9.17, 15) is 10.1 Å². The molecule has 0 radical (unpaired) electrons. The van der Waals surface area contributed by atoms with E-state index in [1.807, 2.05) is 192 Å². The molecule has 14 aromatic rings. The summed E-state index contributed by atoms with van der Waals surface area (Å²) < 4.78 is 0. The molecule has 35 nitrogen and oxygen atoms in total. The van der Waals surface area contributed by atoms with Crippen molar-refractivity contribution in [2.45, 2.75) is 48.5 Å². The highest BCUT2D eigenvalue weighted by atomic mass is 35.5. The molecular formula is C83H84ClN33O2S6. The topological polar surface area (TPSA) is 607 Å². The second-order valence-electron chi connectivity index (χ2n) is 25.3. The molecule has 0 unspecified atom stereocenters. The van der Waals surface area contributed by atoms with Crippen LogP contribution < -0.4 is 68.8 Å². The van der Waals surface area contributed by atoms with E-state index >= 15 is 0 Å². The number of hydrogen-bond acceptors (Lipinski definition) is 22. The number of thiazole rings is 6. The van der Waals surface area contributed by atoms with Gasteiger partial charge in [-0.3, -0.25) is 20.1 Å². The first-order valence-electron chi connectivity index (χ1n) is 36.8. The Morgan fingerprint density at radius 2 is 0.696 bits per heavy atom. The first-order chi connectivity index (χ1) is 60.0. The van der Waals surface area contributed by atoms with Gasteiger partial charge >= 0.3 is 0 Å². The zero-order chi connectivity index (χ0) is 89.9. The molecule has 0 saturated carbocycles. The highest BCUT2D eigenvalue weighted by molar-refractivity contribution is 7.16. The molecule has 125 heavy (non-hydrogen) atoms. The van der Waals surface area contributed by atoms with Crippen molar-refractivity contribution in [3.05, 3.63) is 321 Å². The Balaban J connectivity index is 0.000000171. The molecule has 8 heterocycles. The van der Waals surface area contributed by atoms with Crippen LogP contribution in [-0.4, -0.2) is 116 Å². The van der Waals surface area contributed by atoms with Gasteiger partial charge in [-0.2, -0.15) is 59.9 Å². The van der Waals surface area contributed by atoms with E-state index in [0.717, 1.165) is 66.0 Å². The van der Waals surface area contributed by atoms with Gasteiger partial charge < -0.3 is 68.8 Å². The van der Waals surface area contributed by atoms with Crippen molar-refractivity contribution < 1.29 is 4.92 Å². The molecule has 0 aliphatic carbocycles. The van der Waals surface area contributed by atoms with Crippen LogP contribution in [0.1, 0.15) is 71.7 Å². The molecular weight excluding hydrogens is 1720 g/mol. The fourth-order valence-corrected chi connectivity index (χ4v) is 14.2. The molecule has 0 spiro atoms. The molecule has 24 N–H and O–H groups in total. The molecule has 0 saturated heterocycles. The van der Waals surface area contributed by atoms with Crippen molar-refractivity contribution in [2.75, 3.05) is 0 Å². The molecule has 0 aliphatic rings. The SMILES string of the molecule is Cc1cccc(C(N)=NC(N)=Nc2nc(C)c(C)s2)c1.Cc1csc(N=C(N)N=C(N)c2ccccc2)n1.Cc1csc(N=C(N)N=C(N)c2ccccn2)n1.Cc1nc(N=C(N)N=C(N)c2ccccn2)sc1C.NC(=Nc1nc(-c2cccc([N+](=O)[O-])c2)cs1)N=C(N)c1ccccc1Cl.NC(=Nc1nc(-c2ccccc2)cs1)N=C(N)c1ccccc1. The van der Waals surface area contributed by atoms with Crippen LogP contribution in [0.2, 0.25) is 5.02 Å². The Kier molecular flexibility index (Phi) is 35.2. The first kappa shape index (κ1) is 93.6. The van der Waals surface area contributed by atoms with Gasteiger partial charge in [0.2, 0.25) is 66.5 Å². The number of nitro groups is 1. The largest absolute Gasteiger partial charge is 0.383 e. The summed E-state index contributed by atoms with van der Waals surface area (Å²) in [5.41, 5.74) is 81.7. The number of hydrogen-bond donors (Lipinski definition) is 12. The Bertz CT molecular complexity index is 6200. The zero-order valence-electron chi connectivity index (χ0n) is 68.0. The number of rotatable bonds is 15. The van der Waals surface area contributed by atoms with Gasteiger partial charge in [0.25, 0.3) is 5.69 Å². The van der Waals surface area contributed by atoms with Crippen molar-refractivity contribution in [3.63, 3.8) is 0 Å². The zero-order valence-corrected chi connectivity index (χ0v) is 73.6. The highest BCUT2D eigenvalue weighted by Crippen LogP contribution is 2.31. The van der Waals surface area contributed by atoms with Gasteiger partial charge in [0, 0.05) is 89.2 Å². The molecule has 0 bridgehead atoms. The average molecular weight is 1800 g/mol. The quantitative estimate of drug-likeness (QED) is 0.0196. The Morgan fingerprint density at radius 3 is 1.09 bits per heavy atom. The summed E-state index contributed by atoms with van der Waals surface area (Å²) in [5.74, 6) is 1.95. The normalized spacial score (nSPS) is 12.5. The van der Waals surface area contributed by atoms with Crippen molar-refractivity contribution in [1.29, 1.82) is 0 Å². The molecule has 6 aromatic carbocycles. The molecule has 42 heteroatoms. The number of benzene rings is 6. The summed E-state index contributed by atoms with van der Waals surface area (Å²) in [7, 11) is 0. The summed E-state index contributed by atoms with van der Waals surface area (Å²) in [4.78, 5) is 95.4. The average Bonchev–Trinajstić information content (AvgIpc) is 1.92. The molecule has 0 atom stereocenters. The van der Waals surface area contributed by atoms with Crippen molar-refractivity contribution in [2.24, 2.45) is 129 Å². The predicted molar refractivity (Wildman–Crippen MR) is 515 cm³/mol. The third kappa shape index (κ3) is 31.0. The van der Waals surface area contributed by atoms with Gasteiger partial charge in [0.1, 0.15) is 34.7 Å². The number of guanidine groups is 6. The van der Waals surface area contributed by atoms with E-state index in [0.29, 0.717) is 81.5 Å². The number of halogens is 1. The van der Waals surface area contributed by atoms with Gasteiger partial charge in [0.15, 0.2) is 11.7 Å². The highest BCUT2D eigenvalue weighted by Gasteiger charge is 2.14. The van der Waals surface area contributed by atoms with Crippen LogP contribution in [0.4, 0.5) is 36.5 Å². The van der Waals surface area contributed by atoms with E-state index in [-0.39, 0.29) is 59.0 Å². The second-order valence-corrected chi connectivity index (χ2v) is 31.5. The summed E-state index contributed by atoms with van der Waals surface area (Å²) in [6.45, 7) is 13.6. The van der Waals surface area contributed by atoms with Crippen molar-refractivity contribution in [3.8, 4) is 22.5 Å². The number of amidine groups is 6. The Hall–Kier alpha value is -15.3. The lowest BCUT2D eigenvalue weighted by Gasteiger charge is -2.02. The molecule has 636 valence electrons. The van der Waals surface area contributed by atoms with Gasteiger partial charge in [-0.25, -0.2) is 29.9 Å². The minimum atomic E-state index is -0.459. The minimum absolute atomic E-state index is 0.0119. The lowest BCUT2D eigenvalue weighted by molar-refractivity contribution is -0.384. The van der Waals surface area contributed by atoms with Crippen LogP contribution in [0.15, 0.2) is 294 Å². The first-order valence-corrected chi connectivity index (χ1v) is 42.3. The monoisotopic (exact) mass is 1800 g/mol. The van der Waals surface area contributed by atoms with Crippen molar-refractivity contribution in [1.82, 2.24) is 39.9 Å². The number of nitro benzene ring substituents is 1. The van der Waals surface area contributed by atoms with Crippen LogP contribution >= 0.6 is 79.6 Å². The van der Waals surface area contributed by atoms with Gasteiger partial charge in [-0.1, -0.05) is 185 Å². The van der Waals surface area contributed by atoms with E-state index in [2.05, 4.69) is 99.8 Å². The number of aliphatic imine (C=N–C) groups is 12. The van der Waals surface area contributed by atoms with E-state index in [1.54, 1.807) is 78.4 Å². The Morgan fingerprint density at radius 1 is 0.344 bits per heavy atom. The van der Waals surface area contributed by atoms with Crippen molar-refractivity contribution >= 4 is 187 Å². The molecule has 8 aromatic heterocycles. The Labute approximate surface area is 747 Å². The molecule has 0 fully saturated rings. The predicted octanol–water partition coefficient (Wildman–Crippen LogP) is 13.8. The number of aryl methyl sites for hydroxylation is 7. The number of aromatic nitrogens is 8. The number of non-ortho nitro benzene ring substituents is 1. The maximum absolute atomic E-state index is 10.9. The summed E-state index contributed by atoms with van der Waals surface area (Å²) in [6, 6.07) is 60.4. The number of nitrogens with two attached hydrogens (primary N) is 12. The van der Waals surface area contributed by atoms with E-state index in [1.165, 1.54) is 80.2 Å². The second kappa shape index (κ2) is 47.1. The van der Waals surface area contributed by atoms with Crippen LogP contribution in [0.5, 0.6) is 0 Å². The molecule has 0 amide bonds. The lowest BCUT2D eigenvalue weighted by Crippen LogP contribution is -2.20. The summed E-state index contributed by atoms with van der Waals surface area (Å²) >= 11 is 14.5. The fourth-order valence-electron chi connectivity index (χ4n) is 9.64. The molecule has 0 aliphatic heterocycles. The standard InChI is InChI=1S/C17H13ClN6O2S.C17H15N5S.C14H17N5S.C12H14N6S.C12H13N5S.C11H12N6S/c18-13-7-2-1-6-12(13)15(19)22-16(20)23-17-21-14(9-27-17)10-4-3-5-11(8-10)24(25)26;18-15(13-9-5-2-6-10-13)21-16(19)22-17-20-14(11-23-17)12-7-3-1-4-8-12;1-8-5-4-6-11(7-8)12(15)18-13(16)19-14-17-9(2)10(3)20-14;1-7-8(2)19-12(16-7)18-11(14)17-10(13)9-5-3-4-6-15-9;1-8-7-18-12(15-8)17-11(14)16-10(13)9-5-3-2-4-6-9;1-7-6-18-11(15-7)17-10(13)16-9(12)8-4-2-3-5-14-8/h1-9H,(H4,19,20,21,22,23);1-11H,(H4,18,19,20,21,22);4-7H,1-3H3,(H4,15,16,17,18,19);3-6H,1-2H3,(H4,13,14,16,17,18);2-7H,1H3,(H4,13,14,15,16,17);2-6H,1H3,(H4,12,13,15,16,17). The number of nitrogens with zero attached hydrogens (tertiary/aromatic N) is 21. The fraction of sp³-hybridized carbons (Fsp3) is 0.0843. The van der Waals surface area contributed by atoms with Crippen LogP contribution in [0.3, 0.4) is 0 Å². The molecule has 14 rings (SSSR count). The van der Waals surface area contributed by atoms with E-state index < -0.39 is 4.92 Å². The lowest BCUT2D eigenvalue weighted by atomic mass is 10.1. The van der Waals surface area contributed by atoms with E-state index in [4.69, 9.17) is 80.4 Å². The maximum atomic E-state index is 10.9. The van der Waals surface area contributed by atoms with Crippen LogP contribution in [-0.2, 0) is 0 Å². The van der Waals surface area contributed by atoms with Crippen LogP contribution in [0.25, 0.3) is 22.5 Å². The summed E-state index contributed by atoms with van der Waals surface area (Å²) in [6.07, 6.45) is 3.27. The summed E-state index contributed by atoms with van der Waals surface area (Å²) in [5, 5.41) is 22.0. The smallest absolute Gasteiger partial charge is 0.270 e. The maximum Gasteiger partial charge on any atom is 0.270 e. The third-order valence-electron chi connectivity index (χ3n) is 15.8. The van der Waals surface area contributed by atoms with Crippen LogP contribution in [0, 0.1) is 58.6 Å².